The van der Waals surface area contributed by atoms with Crippen LogP contribution in [0, 0.1) is 17.2 Å². The molecule has 1 aromatic rings. The first-order valence-corrected chi connectivity index (χ1v) is 9.06. The summed E-state index contributed by atoms with van der Waals surface area (Å²) < 4.78 is 10.5. The predicted molar refractivity (Wildman–Crippen MR) is 102 cm³/mol. The molecule has 0 atom stereocenters. The summed E-state index contributed by atoms with van der Waals surface area (Å²) in [5, 5.41) is 21.3. The predicted octanol–water partition coefficient (Wildman–Crippen LogP) is 1.57. The largest absolute Gasteiger partial charge is 0.493 e. The van der Waals surface area contributed by atoms with Crippen molar-refractivity contribution in [3.05, 3.63) is 35.5 Å². The maximum absolute atomic E-state index is 12.4. The number of benzene rings is 1. The van der Waals surface area contributed by atoms with Gasteiger partial charge in [-0.25, -0.2) is 0 Å². The van der Waals surface area contributed by atoms with E-state index in [-0.39, 0.29) is 11.5 Å². The van der Waals surface area contributed by atoms with Crippen molar-refractivity contribution in [1.82, 2.24) is 10.2 Å². The van der Waals surface area contributed by atoms with Crippen LogP contribution in [0.5, 0.6) is 11.5 Å². The number of nitrogens with one attached hydrogen (secondary N) is 1. The molecule has 1 aromatic carbocycles. The summed E-state index contributed by atoms with van der Waals surface area (Å²) in [6.45, 7) is 1.23. The van der Waals surface area contributed by atoms with Gasteiger partial charge in [-0.2, -0.15) is 5.26 Å². The molecular weight excluding hydrogens is 362 g/mol. The molecule has 0 aliphatic carbocycles. The molecule has 0 spiro atoms. The number of carbonyl (C=O) groups is 2. The van der Waals surface area contributed by atoms with Gasteiger partial charge in [0, 0.05) is 25.8 Å². The molecule has 1 fully saturated rings. The van der Waals surface area contributed by atoms with Crippen LogP contribution in [0.25, 0.3) is 0 Å². The minimum absolute atomic E-state index is 0.0149. The lowest BCUT2D eigenvalue weighted by atomic mass is 9.97. The van der Waals surface area contributed by atoms with Gasteiger partial charge in [0.05, 0.1) is 20.1 Å². The summed E-state index contributed by atoms with van der Waals surface area (Å²) in [5.74, 6) is -0.320. The molecule has 1 aliphatic rings. The number of nitriles is 1. The van der Waals surface area contributed by atoms with Gasteiger partial charge >= 0.3 is 5.97 Å². The smallest absolute Gasteiger partial charge is 0.306 e. The van der Waals surface area contributed by atoms with Crippen LogP contribution in [0.4, 0.5) is 0 Å². The summed E-state index contributed by atoms with van der Waals surface area (Å²) >= 11 is 0. The van der Waals surface area contributed by atoms with Crippen LogP contribution in [0.3, 0.4) is 0 Å². The van der Waals surface area contributed by atoms with Crippen LogP contribution in [0.2, 0.25) is 0 Å². The van der Waals surface area contributed by atoms with E-state index < -0.39 is 11.9 Å². The Labute approximate surface area is 164 Å². The van der Waals surface area contributed by atoms with Gasteiger partial charge in [-0.1, -0.05) is 6.07 Å². The molecule has 0 saturated carbocycles. The number of hydrogen-bond acceptors (Lipinski definition) is 6. The fourth-order valence-corrected chi connectivity index (χ4v) is 3.07. The average Bonchev–Trinajstić information content (AvgIpc) is 2.73. The highest BCUT2D eigenvalue weighted by molar-refractivity contribution is 5.97. The Morgan fingerprint density at radius 3 is 2.54 bits per heavy atom. The fourth-order valence-electron chi connectivity index (χ4n) is 3.07. The van der Waals surface area contributed by atoms with E-state index >= 15 is 0 Å². The number of ether oxygens (including phenoxy) is 2. The number of piperidine rings is 1. The van der Waals surface area contributed by atoms with E-state index in [1.165, 1.54) is 11.1 Å². The first kappa shape index (κ1) is 21.1. The van der Waals surface area contributed by atoms with Gasteiger partial charge in [0.25, 0.3) is 5.91 Å². The number of carboxylic acids is 1. The zero-order chi connectivity index (χ0) is 20.5. The van der Waals surface area contributed by atoms with E-state index in [9.17, 15) is 14.9 Å². The summed E-state index contributed by atoms with van der Waals surface area (Å²) in [6, 6.07) is 7.56. The normalized spacial score (nSPS) is 14.9. The molecule has 1 aliphatic heterocycles. The quantitative estimate of drug-likeness (QED) is 0.395. The highest BCUT2D eigenvalue weighted by Crippen LogP contribution is 2.27. The number of aliphatic carboxylic acids is 1. The number of hydrogen-bond donors (Lipinski definition) is 2. The third-order valence-corrected chi connectivity index (χ3v) is 4.73. The second-order valence-electron chi connectivity index (χ2n) is 6.47. The van der Waals surface area contributed by atoms with Crippen LogP contribution < -0.4 is 14.8 Å². The number of likely N-dealkylation sites (tertiary alicyclic amines) is 1. The lowest BCUT2D eigenvalue weighted by Crippen LogP contribution is -2.41. The summed E-state index contributed by atoms with van der Waals surface area (Å²) in [7, 11) is 3.15. The molecule has 2 rings (SSSR count). The third kappa shape index (κ3) is 5.39. The van der Waals surface area contributed by atoms with Crippen molar-refractivity contribution in [1.29, 1.82) is 5.26 Å². The molecule has 8 heteroatoms. The molecule has 8 nitrogen and oxygen atoms in total. The second kappa shape index (κ2) is 10.2. The van der Waals surface area contributed by atoms with Crippen LogP contribution in [-0.4, -0.2) is 55.7 Å². The molecule has 0 bridgehead atoms. The number of nitrogens with zero attached hydrogens (tertiary/aromatic N) is 2. The van der Waals surface area contributed by atoms with Gasteiger partial charge < -0.3 is 24.8 Å². The first-order chi connectivity index (χ1) is 13.5. The van der Waals surface area contributed by atoms with E-state index in [1.807, 2.05) is 24.3 Å². The molecule has 1 amide bonds. The van der Waals surface area contributed by atoms with Gasteiger partial charge in [0.2, 0.25) is 0 Å². The third-order valence-electron chi connectivity index (χ3n) is 4.73. The van der Waals surface area contributed by atoms with Gasteiger partial charge in [-0.05, 0) is 37.0 Å². The fraction of sp³-hybridized carbons (Fsp3) is 0.450. The summed E-state index contributed by atoms with van der Waals surface area (Å²) in [5.41, 5.74) is 1.04. The minimum atomic E-state index is -0.833. The Kier molecular flexibility index (Phi) is 7.69. The molecule has 28 heavy (non-hydrogen) atoms. The Bertz CT molecular complexity index is 777. The molecule has 0 unspecified atom stereocenters. The topological polar surface area (TPSA) is 112 Å². The lowest BCUT2D eigenvalue weighted by Gasteiger charge is -2.29. The van der Waals surface area contributed by atoms with Crippen LogP contribution in [0.15, 0.2) is 30.0 Å². The molecule has 1 heterocycles. The first-order valence-electron chi connectivity index (χ1n) is 9.06. The van der Waals surface area contributed by atoms with Crippen molar-refractivity contribution in [2.24, 2.45) is 5.92 Å². The Morgan fingerprint density at radius 2 is 1.96 bits per heavy atom. The standard InChI is InChI=1S/C20H25N3O5/c1-27-17-4-3-14(11-18(17)28-2)5-8-22-13-16(12-21)19(24)23-9-6-15(7-10-23)20(25)26/h3-4,11,13,15,22H,5-10H2,1-2H3,(H,25,26)/b16-13-. The Balaban J connectivity index is 1.87. The average molecular weight is 387 g/mol. The molecule has 2 N–H and O–H groups in total. The maximum Gasteiger partial charge on any atom is 0.306 e. The van der Waals surface area contributed by atoms with E-state index in [1.54, 1.807) is 14.2 Å². The summed E-state index contributed by atoms with van der Waals surface area (Å²) in [6.07, 6.45) is 2.92. The van der Waals surface area contributed by atoms with Crippen molar-refractivity contribution in [2.45, 2.75) is 19.3 Å². The van der Waals surface area contributed by atoms with E-state index in [4.69, 9.17) is 14.6 Å². The second-order valence-corrected chi connectivity index (χ2v) is 6.47. The SMILES string of the molecule is COc1ccc(CCN/C=C(/C#N)C(=O)N2CCC(C(=O)O)CC2)cc1OC. The van der Waals surface area contributed by atoms with Crippen molar-refractivity contribution < 1.29 is 24.2 Å². The van der Waals surface area contributed by atoms with Crippen LogP contribution in [-0.2, 0) is 16.0 Å². The van der Waals surface area contributed by atoms with E-state index in [0.717, 1.165) is 5.56 Å². The summed E-state index contributed by atoms with van der Waals surface area (Å²) in [4.78, 5) is 25.0. The van der Waals surface area contributed by atoms with Crippen molar-refractivity contribution in [2.75, 3.05) is 33.9 Å². The van der Waals surface area contributed by atoms with Crippen LogP contribution in [0.1, 0.15) is 18.4 Å². The Hall–Kier alpha value is -3.21. The zero-order valence-electron chi connectivity index (χ0n) is 16.1. The maximum atomic E-state index is 12.4. The van der Waals surface area contributed by atoms with Gasteiger partial charge in [-0.3, -0.25) is 9.59 Å². The van der Waals surface area contributed by atoms with Crippen molar-refractivity contribution in [3.8, 4) is 17.6 Å². The lowest BCUT2D eigenvalue weighted by molar-refractivity contribution is -0.145. The molecule has 0 radical (unpaired) electrons. The van der Waals surface area contributed by atoms with Crippen molar-refractivity contribution >= 4 is 11.9 Å². The van der Waals surface area contributed by atoms with Gasteiger partial charge in [0.1, 0.15) is 11.6 Å². The highest BCUT2D eigenvalue weighted by Gasteiger charge is 2.28. The van der Waals surface area contributed by atoms with Gasteiger partial charge in [-0.15, -0.1) is 0 Å². The van der Waals surface area contributed by atoms with E-state index in [0.29, 0.717) is 50.4 Å². The minimum Gasteiger partial charge on any atom is -0.493 e. The number of amides is 1. The molecular formula is C20H25N3O5. The number of rotatable bonds is 8. The van der Waals surface area contributed by atoms with Crippen molar-refractivity contribution in [3.63, 3.8) is 0 Å². The number of methoxy groups -OCH3 is 2. The molecule has 150 valence electrons. The molecule has 1 saturated heterocycles. The van der Waals surface area contributed by atoms with Crippen LogP contribution >= 0.6 is 0 Å². The zero-order valence-corrected chi connectivity index (χ0v) is 16.1. The Morgan fingerprint density at radius 1 is 1.29 bits per heavy atom. The highest BCUT2D eigenvalue weighted by atomic mass is 16.5. The molecule has 0 aromatic heterocycles. The van der Waals surface area contributed by atoms with Gasteiger partial charge in [0.15, 0.2) is 11.5 Å². The number of carbonyl (C=O) groups excluding carboxylic acids is 1. The number of carboxylic acid groups (broad SMARTS) is 1. The van der Waals surface area contributed by atoms with E-state index in [2.05, 4.69) is 5.32 Å². The monoisotopic (exact) mass is 387 g/mol.